The second-order valence-corrected chi connectivity index (χ2v) is 4.34. The predicted octanol–water partition coefficient (Wildman–Crippen LogP) is -0.767. The van der Waals surface area contributed by atoms with Crippen LogP contribution in [0.3, 0.4) is 0 Å². The van der Waals surface area contributed by atoms with Crippen molar-refractivity contribution in [3.63, 3.8) is 0 Å². The average Bonchev–Trinajstić information content (AvgIpc) is 2.50. The number of aromatic nitrogens is 2. The number of amides is 1. The highest BCUT2D eigenvalue weighted by molar-refractivity contribution is 7.84. The van der Waals surface area contributed by atoms with Crippen molar-refractivity contribution in [2.24, 2.45) is 5.84 Å². The molecule has 0 unspecified atom stereocenters. The van der Waals surface area contributed by atoms with Gasteiger partial charge in [0.15, 0.2) is 0 Å². The van der Waals surface area contributed by atoms with Crippen LogP contribution in [-0.2, 0) is 21.5 Å². The average molecular weight is 237 g/mol. The number of hydrazine groups is 1. The standard InChI is InChI=1S/C6H9ClN4O2S/c7-5-1-9-11(2-5)4-14(13)3-6(12)10-8/h1-2H,3-4,8H2,(H,10,12)/t14-/m0/s1. The number of nitrogens with zero attached hydrogens (tertiary/aromatic N) is 2. The molecular formula is C6H9ClN4O2S. The van der Waals surface area contributed by atoms with Crippen molar-refractivity contribution in [2.45, 2.75) is 5.88 Å². The van der Waals surface area contributed by atoms with Crippen molar-refractivity contribution in [1.29, 1.82) is 0 Å². The second kappa shape index (κ2) is 5.08. The fourth-order valence-corrected chi connectivity index (χ4v) is 1.85. The molecule has 0 saturated heterocycles. The number of carbonyl (C=O) groups excluding carboxylic acids is 1. The van der Waals surface area contributed by atoms with Crippen molar-refractivity contribution in [1.82, 2.24) is 15.2 Å². The van der Waals surface area contributed by atoms with E-state index in [1.807, 2.05) is 5.43 Å². The first-order chi connectivity index (χ1) is 6.61. The van der Waals surface area contributed by atoms with Gasteiger partial charge in [-0.15, -0.1) is 0 Å². The molecular weight excluding hydrogens is 228 g/mol. The Kier molecular flexibility index (Phi) is 4.05. The van der Waals surface area contributed by atoms with Crippen LogP contribution in [0, 0.1) is 0 Å². The van der Waals surface area contributed by atoms with E-state index in [4.69, 9.17) is 17.4 Å². The quantitative estimate of drug-likeness (QED) is 0.408. The number of rotatable bonds is 4. The maximum absolute atomic E-state index is 11.3. The van der Waals surface area contributed by atoms with Gasteiger partial charge in [-0.2, -0.15) is 5.10 Å². The van der Waals surface area contributed by atoms with E-state index in [1.165, 1.54) is 17.1 Å². The molecule has 1 aromatic rings. The topological polar surface area (TPSA) is 90.0 Å². The lowest BCUT2D eigenvalue weighted by Gasteiger charge is -2.00. The summed E-state index contributed by atoms with van der Waals surface area (Å²) in [5.74, 6) is 4.35. The molecule has 3 N–H and O–H groups in total. The largest absolute Gasteiger partial charge is 0.293 e. The van der Waals surface area contributed by atoms with E-state index in [0.717, 1.165) is 0 Å². The first-order valence-corrected chi connectivity index (χ1v) is 5.51. The van der Waals surface area contributed by atoms with Crippen LogP contribution in [0.2, 0.25) is 5.02 Å². The molecule has 14 heavy (non-hydrogen) atoms. The van der Waals surface area contributed by atoms with Crippen molar-refractivity contribution < 1.29 is 9.00 Å². The smallest absolute Gasteiger partial charge is 0.246 e. The molecule has 1 aromatic heterocycles. The minimum Gasteiger partial charge on any atom is -0.293 e. The van der Waals surface area contributed by atoms with Gasteiger partial charge in [0, 0.05) is 6.20 Å². The van der Waals surface area contributed by atoms with Gasteiger partial charge in [0.1, 0.15) is 11.6 Å². The lowest BCUT2D eigenvalue weighted by Crippen LogP contribution is -2.34. The molecule has 1 rings (SSSR count). The number of hydrogen-bond acceptors (Lipinski definition) is 4. The van der Waals surface area contributed by atoms with Gasteiger partial charge in [-0.3, -0.25) is 19.1 Å². The molecule has 8 heteroatoms. The molecule has 0 spiro atoms. The monoisotopic (exact) mass is 236 g/mol. The molecule has 0 aliphatic rings. The van der Waals surface area contributed by atoms with Crippen molar-refractivity contribution in [2.75, 3.05) is 5.75 Å². The fraction of sp³-hybridized carbons (Fsp3) is 0.333. The summed E-state index contributed by atoms with van der Waals surface area (Å²) in [6, 6.07) is 0. The maximum atomic E-state index is 11.3. The Morgan fingerprint density at radius 1 is 1.79 bits per heavy atom. The van der Waals surface area contributed by atoms with Crippen LogP contribution in [0.5, 0.6) is 0 Å². The third-order valence-electron chi connectivity index (χ3n) is 1.33. The molecule has 0 aliphatic heterocycles. The number of nitrogens with one attached hydrogen (secondary N) is 1. The molecule has 1 amide bonds. The second-order valence-electron chi connectivity index (χ2n) is 2.48. The molecule has 1 atom stereocenters. The van der Waals surface area contributed by atoms with Gasteiger partial charge in [-0.05, 0) is 0 Å². The Balaban J connectivity index is 2.45. The summed E-state index contributed by atoms with van der Waals surface area (Å²) in [5, 5.41) is 4.28. The van der Waals surface area contributed by atoms with Gasteiger partial charge in [-0.1, -0.05) is 11.6 Å². The van der Waals surface area contributed by atoms with Gasteiger partial charge < -0.3 is 0 Å². The molecule has 0 bridgehead atoms. The van der Waals surface area contributed by atoms with Gasteiger partial charge in [0.25, 0.3) is 0 Å². The first kappa shape index (κ1) is 11.2. The zero-order chi connectivity index (χ0) is 10.6. The Hall–Kier alpha value is -0.920. The summed E-state index contributed by atoms with van der Waals surface area (Å²) in [4.78, 5) is 10.7. The van der Waals surface area contributed by atoms with Gasteiger partial charge in [0.05, 0.1) is 22.0 Å². The van der Waals surface area contributed by atoms with Crippen molar-refractivity contribution >= 4 is 28.3 Å². The van der Waals surface area contributed by atoms with Crippen LogP contribution in [0.15, 0.2) is 12.4 Å². The van der Waals surface area contributed by atoms with Crippen LogP contribution in [0.1, 0.15) is 0 Å². The van der Waals surface area contributed by atoms with Crippen LogP contribution in [-0.4, -0.2) is 25.6 Å². The van der Waals surface area contributed by atoms with E-state index < -0.39 is 16.7 Å². The summed E-state index contributed by atoms with van der Waals surface area (Å²) in [6.45, 7) is 0. The number of hydrogen-bond donors (Lipinski definition) is 2. The van der Waals surface area contributed by atoms with E-state index in [1.54, 1.807) is 0 Å². The first-order valence-electron chi connectivity index (χ1n) is 3.64. The summed E-state index contributed by atoms with van der Waals surface area (Å²) in [7, 11) is -1.34. The van der Waals surface area contributed by atoms with Gasteiger partial charge >= 0.3 is 0 Å². The normalized spacial score (nSPS) is 12.4. The molecule has 0 saturated carbocycles. The van der Waals surface area contributed by atoms with Crippen molar-refractivity contribution in [3.8, 4) is 0 Å². The Labute approximate surface area is 87.8 Å². The summed E-state index contributed by atoms with van der Waals surface area (Å²) >= 11 is 5.60. The molecule has 0 aliphatic carbocycles. The number of carbonyl (C=O) groups is 1. The zero-order valence-electron chi connectivity index (χ0n) is 7.14. The summed E-state index contributed by atoms with van der Waals surface area (Å²) in [5.41, 5.74) is 1.90. The molecule has 1 heterocycles. The number of nitrogens with two attached hydrogens (primary N) is 1. The molecule has 6 nitrogen and oxygen atoms in total. The third-order valence-corrected chi connectivity index (χ3v) is 2.66. The van der Waals surface area contributed by atoms with E-state index in [9.17, 15) is 9.00 Å². The number of halogens is 1. The van der Waals surface area contributed by atoms with Crippen LogP contribution >= 0.6 is 11.6 Å². The fourth-order valence-electron chi connectivity index (χ4n) is 0.790. The molecule has 0 fully saturated rings. The Bertz CT molecular complexity index is 353. The highest BCUT2D eigenvalue weighted by Crippen LogP contribution is 2.04. The maximum Gasteiger partial charge on any atom is 0.246 e. The van der Waals surface area contributed by atoms with E-state index in [2.05, 4.69) is 5.10 Å². The van der Waals surface area contributed by atoms with Crippen LogP contribution in [0.25, 0.3) is 0 Å². The third kappa shape index (κ3) is 3.44. The van der Waals surface area contributed by atoms with E-state index >= 15 is 0 Å². The zero-order valence-corrected chi connectivity index (χ0v) is 8.72. The van der Waals surface area contributed by atoms with Gasteiger partial charge in [0.2, 0.25) is 5.91 Å². The van der Waals surface area contributed by atoms with E-state index in [-0.39, 0.29) is 11.6 Å². The van der Waals surface area contributed by atoms with Crippen molar-refractivity contribution in [3.05, 3.63) is 17.4 Å². The predicted molar refractivity (Wildman–Crippen MR) is 52.6 cm³/mol. The van der Waals surface area contributed by atoms with Gasteiger partial charge in [-0.25, -0.2) is 5.84 Å². The van der Waals surface area contributed by atoms with E-state index in [0.29, 0.717) is 5.02 Å². The lowest BCUT2D eigenvalue weighted by molar-refractivity contribution is -0.118. The van der Waals surface area contributed by atoms with Crippen LogP contribution in [0.4, 0.5) is 0 Å². The molecule has 0 aromatic carbocycles. The highest BCUT2D eigenvalue weighted by Gasteiger charge is 2.07. The van der Waals surface area contributed by atoms with Crippen LogP contribution < -0.4 is 11.3 Å². The summed E-state index contributed by atoms with van der Waals surface area (Å²) in [6.07, 6.45) is 2.96. The Morgan fingerprint density at radius 2 is 2.50 bits per heavy atom. The SMILES string of the molecule is NNC(=O)C[S@](=O)Cn1cc(Cl)cn1. The molecule has 78 valence electrons. The minimum absolute atomic E-state index is 0.125. The highest BCUT2D eigenvalue weighted by atomic mass is 35.5. The summed E-state index contributed by atoms with van der Waals surface area (Å²) < 4.78 is 12.7. The Morgan fingerprint density at radius 3 is 3.00 bits per heavy atom. The minimum atomic E-state index is -1.34. The molecule has 0 radical (unpaired) electrons. The lowest BCUT2D eigenvalue weighted by atomic mass is 10.7.